The van der Waals surface area contributed by atoms with E-state index in [1.807, 2.05) is 60.7 Å². The molecule has 2 rings (SSSR count). The monoisotopic (exact) mass is 318 g/mol. The molecular weight excluding hydrogens is 296 g/mol. The summed E-state index contributed by atoms with van der Waals surface area (Å²) in [6.45, 7) is -0.702. The Labute approximate surface area is 135 Å². The molecule has 0 aliphatic rings. The van der Waals surface area contributed by atoms with Crippen LogP contribution < -0.4 is 0 Å². The van der Waals surface area contributed by atoms with Gasteiger partial charge in [-0.05, 0) is 11.1 Å². The highest BCUT2D eigenvalue weighted by Gasteiger charge is 2.36. The molecule has 0 radical (unpaired) electrons. The van der Waals surface area contributed by atoms with Gasteiger partial charge in [0.05, 0.1) is 12.7 Å². The average Bonchev–Trinajstić information content (AvgIpc) is 2.61. The fourth-order valence-electron chi connectivity index (χ4n) is 2.64. The molecular formula is C18H22O5. The third-order valence-electron chi connectivity index (χ3n) is 3.94. The minimum absolute atomic E-state index is 0.576. The van der Waals surface area contributed by atoms with Gasteiger partial charge in [-0.15, -0.1) is 0 Å². The first kappa shape index (κ1) is 17.6. The van der Waals surface area contributed by atoms with E-state index in [-0.39, 0.29) is 0 Å². The zero-order chi connectivity index (χ0) is 16.8. The van der Waals surface area contributed by atoms with Gasteiger partial charge in [-0.25, -0.2) is 0 Å². The van der Waals surface area contributed by atoms with E-state index >= 15 is 0 Å². The van der Waals surface area contributed by atoms with Gasteiger partial charge in [0.1, 0.15) is 18.3 Å². The molecule has 2 aromatic carbocycles. The molecule has 0 saturated carbocycles. The van der Waals surface area contributed by atoms with E-state index < -0.39 is 36.9 Å². The summed E-state index contributed by atoms with van der Waals surface area (Å²) >= 11 is 0. The Balaban J connectivity index is 2.34. The Hall–Kier alpha value is -1.76. The number of aliphatic hydroxyl groups excluding tert-OH is 5. The van der Waals surface area contributed by atoms with E-state index in [9.17, 15) is 20.4 Å². The Kier molecular flexibility index (Phi) is 6.27. The van der Waals surface area contributed by atoms with Gasteiger partial charge < -0.3 is 25.5 Å². The van der Waals surface area contributed by atoms with E-state index in [1.165, 1.54) is 0 Å². The Bertz CT molecular complexity index is 535. The van der Waals surface area contributed by atoms with Gasteiger partial charge >= 0.3 is 0 Å². The zero-order valence-corrected chi connectivity index (χ0v) is 12.6. The van der Waals surface area contributed by atoms with Crippen molar-refractivity contribution < 1.29 is 25.5 Å². The van der Waals surface area contributed by atoms with Crippen molar-refractivity contribution in [2.45, 2.75) is 30.3 Å². The molecule has 5 heteroatoms. The van der Waals surface area contributed by atoms with Crippen LogP contribution in [0.5, 0.6) is 0 Å². The first-order chi connectivity index (χ1) is 11.1. The summed E-state index contributed by atoms with van der Waals surface area (Å²) in [4.78, 5) is 0. The highest BCUT2D eigenvalue weighted by molar-refractivity contribution is 5.34. The predicted molar refractivity (Wildman–Crippen MR) is 85.8 cm³/mol. The molecule has 23 heavy (non-hydrogen) atoms. The summed E-state index contributed by atoms with van der Waals surface area (Å²) < 4.78 is 0. The van der Waals surface area contributed by atoms with Crippen molar-refractivity contribution in [2.24, 2.45) is 0 Å². The fraction of sp³-hybridized carbons (Fsp3) is 0.333. The highest BCUT2D eigenvalue weighted by atomic mass is 16.4. The van der Waals surface area contributed by atoms with Crippen molar-refractivity contribution in [3.63, 3.8) is 0 Å². The van der Waals surface area contributed by atoms with Crippen LogP contribution in [0, 0.1) is 0 Å². The first-order valence-corrected chi connectivity index (χ1v) is 7.49. The van der Waals surface area contributed by atoms with Crippen molar-refractivity contribution in [2.75, 3.05) is 6.61 Å². The molecule has 0 spiro atoms. The van der Waals surface area contributed by atoms with Crippen LogP contribution in [0.1, 0.15) is 17.0 Å². The van der Waals surface area contributed by atoms with E-state index in [1.54, 1.807) is 0 Å². The van der Waals surface area contributed by atoms with Crippen LogP contribution in [0.4, 0.5) is 0 Å². The summed E-state index contributed by atoms with van der Waals surface area (Å²) in [5.74, 6) is -0.576. The van der Waals surface area contributed by atoms with Crippen molar-refractivity contribution in [3.05, 3.63) is 71.8 Å². The summed E-state index contributed by atoms with van der Waals surface area (Å²) in [6.07, 6.45) is -6.13. The molecule has 0 amide bonds. The van der Waals surface area contributed by atoms with Crippen LogP contribution >= 0.6 is 0 Å². The first-order valence-electron chi connectivity index (χ1n) is 7.49. The molecule has 0 fully saturated rings. The second kappa shape index (κ2) is 8.19. The van der Waals surface area contributed by atoms with Crippen LogP contribution in [-0.4, -0.2) is 56.6 Å². The van der Waals surface area contributed by atoms with E-state index in [2.05, 4.69) is 0 Å². The van der Waals surface area contributed by atoms with Crippen LogP contribution in [-0.2, 0) is 0 Å². The fourth-order valence-corrected chi connectivity index (χ4v) is 2.64. The highest BCUT2D eigenvalue weighted by Crippen LogP contribution is 2.30. The second-order valence-corrected chi connectivity index (χ2v) is 5.52. The van der Waals surface area contributed by atoms with Crippen LogP contribution in [0.25, 0.3) is 0 Å². The predicted octanol–water partition coefficient (Wildman–Crippen LogP) is 0.254. The molecule has 0 unspecified atom stereocenters. The zero-order valence-electron chi connectivity index (χ0n) is 12.6. The second-order valence-electron chi connectivity index (χ2n) is 5.52. The standard InChI is InChI=1S/C18H22O5/c19-11-14(20)16(21)18(23)17(22)15(12-7-3-1-4-8-12)13-9-5-2-6-10-13/h1-10,14-23H,11H2/t14-,16-,17+,18-/m1/s1. The molecule has 5 N–H and O–H groups in total. The molecule has 0 saturated heterocycles. The van der Waals surface area contributed by atoms with E-state index in [4.69, 9.17) is 5.11 Å². The maximum absolute atomic E-state index is 10.6. The molecule has 0 aliphatic heterocycles. The van der Waals surface area contributed by atoms with Crippen molar-refractivity contribution in [3.8, 4) is 0 Å². The number of rotatable bonds is 7. The molecule has 0 aliphatic carbocycles. The number of benzene rings is 2. The van der Waals surface area contributed by atoms with Gasteiger partial charge in [-0.3, -0.25) is 0 Å². The SMILES string of the molecule is OC[C@@H](O)[C@@H](O)[C@@H](O)[C@@H](O)C(c1ccccc1)c1ccccc1. The minimum Gasteiger partial charge on any atom is -0.394 e. The number of hydrogen-bond acceptors (Lipinski definition) is 5. The molecule has 2 aromatic rings. The van der Waals surface area contributed by atoms with E-state index in [0.29, 0.717) is 0 Å². The Morgan fingerprint density at radius 3 is 1.43 bits per heavy atom. The summed E-state index contributed by atoms with van der Waals surface area (Å²) in [5, 5.41) is 49.1. The molecule has 0 heterocycles. The average molecular weight is 318 g/mol. The summed E-state index contributed by atoms with van der Waals surface area (Å²) in [5.41, 5.74) is 1.55. The maximum Gasteiger partial charge on any atom is 0.111 e. The van der Waals surface area contributed by atoms with Crippen molar-refractivity contribution >= 4 is 0 Å². The molecule has 0 aromatic heterocycles. The van der Waals surface area contributed by atoms with Crippen molar-refractivity contribution in [1.82, 2.24) is 0 Å². The van der Waals surface area contributed by atoms with Crippen LogP contribution in [0.15, 0.2) is 60.7 Å². The minimum atomic E-state index is -1.65. The van der Waals surface area contributed by atoms with Gasteiger partial charge in [0, 0.05) is 5.92 Å². The number of hydrogen-bond donors (Lipinski definition) is 5. The largest absolute Gasteiger partial charge is 0.394 e. The van der Waals surface area contributed by atoms with Gasteiger partial charge in [0.15, 0.2) is 0 Å². The molecule has 5 nitrogen and oxygen atoms in total. The molecule has 124 valence electrons. The molecule has 0 bridgehead atoms. The van der Waals surface area contributed by atoms with Gasteiger partial charge in [0.2, 0.25) is 0 Å². The lowest BCUT2D eigenvalue weighted by molar-refractivity contribution is -0.117. The summed E-state index contributed by atoms with van der Waals surface area (Å²) in [6, 6.07) is 18.3. The smallest absolute Gasteiger partial charge is 0.111 e. The lowest BCUT2D eigenvalue weighted by Crippen LogP contribution is -2.48. The topological polar surface area (TPSA) is 101 Å². The van der Waals surface area contributed by atoms with Crippen LogP contribution in [0.3, 0.4) is 0 Å². The third-order valence-corrected chi connectivity index (χ3v) is 3.94. The Morgan fingerprint density at radius 1 is 0.609 bits per heavy atom. The maximum atomic E-state index is 10.6. The lowest BCUT2D eigenvalue weighted by atomic mass is 9.82. The lowest BCUT2D eigenvalue weighted by Gasteiger charge is -2.31. The van der Waals surface area contributed by atoms with Crippen molar-refractivity contribution in [1.29, 1.82) is 0 Å². The van der Waals surface area contributed by atoms with Crippen LogP contribution in [0.2, 0.25) is 0 Å². The van der Waals surface area contributed by atoms with Gasteiger partial charge in [0.25, 0.3) is 0 Å². The Morgan fingerprint density at radius 2 is 1.04 bits per heavy atom. The normalized spacial score (nSPS) is 16.8. The van der Waals surface area contributed by atoms with E-state index in [0.717, 1.165) is 11.1 Å². The summed E-state index contributed by atoms with van der Waals surface area (Å²) in [7, 11) is 0. The third kappa shape index (κ3) is 4.16. The molecule has 4 atom stereocenters. The van der Waals surface area contributed by atoms with Gasteiger partial charge in [-0.1, -0.05) is 60.7 Å². The van der Waals surface area contributed by atoms with Gasteiger partial charge in [-0.2, -0.15) is 0 Å². The number of aliphatic hydroxyl groups is 5. The quantitative estimate of drug-likeness (QED) is 0.504.